The first kappa shape index (κ1) is 13.8. The molecule has 0 unspecified atom stereocenters. The topological polar surface area (TPSA) is 56.1 Å². The summed E-state index contributed by atoms with van der Waals surface area (Å²) in [6.07, 6.45) is 1.83. The second-order valence-electron chi connectivity index (χ2n) is 4.96. The summed E-state index contributed by atoms with van der Waals surface area (Å²) in [4.78, 5) is 2.16. The summed E-state index contributed by atoms with van der Waals surface area (Å²) in [5.74, 6) is -0.115. The lowest BCUT2D eigenvalue weighted by atomic mass is 9.97. The van der Waals surface area contributed by atoms with E-state index in [-0.39, 0.29) is 18.6 Å². The Kier molecular flexibility index (Phi) is 4.35. The van der Waals surface area contributed by atoms with Crippen LogP contribution in [0.5, 0.6) is 0 Å². The number of benzene rings is 1. The van der Waals surface area contributed by atoms with Crippen LogP contribution in [0.4, 0.5) is 0 Å². The number of hydrogen-bond donors (Lipinski definition) is 2. The molecule has 1 aromatic carbocycles. The van der Waals surface area contributed by atoms with Crippen molar-refractivity contribution in [3.05, 3.63) is 48.0 Å². The first-order valence-corrected chi connectivity index (χ1v) is 6.45. The number of oxime groups is 1. The van der Waals surface area contributed by atoms with Gasteiger partial charge in [0.15, 0.2) is 0 Å². The van der Waals surface area contributed by atoms with Crippen LogP contribution in [-0.4, -0.2) is 40.6 Å². The standard InChI is InChI=1S/C15H20N2O2/c1-3-8-17-9-13(10-18)14(16-19)15(17)12-6-4-11(2)5-7-12/h3-7,13,15,18-19H,1,8-10H2,2H3/b16-14+/t13-,15-/m0/s1. The third-order valence-corrected chi connectivity index (χ3v) is 3.61. The molecule has 2 N–H and O–H groups in total. The molecule has 2 rings (SSSR count). The smallest absolute Gasteiger partial charge is 0.0853 e. The Morgan fingerprint density at radius 1 is 1.42 bits per heavy atom. The maximum absolute atomic E-state index is 9.42. The van der Waals surface area contributed by atoms with Crippen LogP contribution in [-0.2, 0) is 0 Å². The monoisotopic (exact) mass is 260 g/mol. The molecule has 0 saturated carbocycles. The fourth-order valence-electron chi connectivity index (χ4n) is 2.66. The Hall–Kier alpha value is -1.65. The van der Waals surface area contributed by atoms with Crippen LogP contribution in [0.25, 0.3) is 0 Å². The number of hydrogen-bond acceptors (Lipinski definition) is 4. The highest BCUT2D eigenvalue weighted by Crippen LogP contribution is 2.33. The first-order chi connectivity index (χ1) is 9.21. The fourth-order valence-corrected chi connectivity index (χ4v) is 2.66. The van der Waals surface area contributed by atoms with Gasteiger partial charge in [-0.25, -0.2) is 0 Å². The summed E-state index contributed by atoms with van der Waals surface area (Å²) in [7, 11) is 0. The summed E-state index contributed by atoms with van der Waals surface area (Å²) in [6, 6.07) is 8.09. The van der Waals surface area contributed by atoms with Gasteiger partial charge in [0.2, 0.25) is 0 Å². The SMILES string of the molecule is C=CCN1C[C@@H](CO)/C(=N\O)[C@@H]1c1ccc(C)cc1. The molecule has 0 bridgehead atoms. The normalized spacial score (nSPS) is 25.9. The number of rotatable bonds is 4. The van der Waals surface area contributed by atoms with E-state index >= 15 is 0 Å². The van der Waals surface area contributed by atoms with Gasteiger partial charge in [-0.05, 0) is 12.5 Å². The van der Waals surface area contributed by atoms with Crippen LogP contribution in [0.1, 0.15) is 17.2 Å². The molecule has 1 heterocycles. The minimum atomic E-state index is -0.115. The molecule has 1 aliphatic heterocycles. The Balaban J connectivity index is 2.36. The van der Waals surface area contributed by atoms with Crippen LogP contribution in [0.2, 0.25) is 0 Å². The average Bonchev–Trinajstić information content (AvgIpc) is 2.78. The highest BCUT2D eigenvalue weighted by atomic mass is 16.4. The zero-order chi connectivity index (χ0) is 13.8. The van der Waals surface area contributed by atoms with Crippen molar-refractivity contribution in [2.75, 3.05) is 19.7 Å². The summed E-state index contributed by atoms with van der Waals surface area (Å²) < 4.78 is 0. The van der Waals surface area contributed by atoms with E-state index in [2.05, 4.69) is 16.6 Å². The molecule has 0 aromatic heterocycles. The van der Waals surface area contributed by atoms with Crippen molar-refractivity contribution in [2.24, 2.45) is 11.1 Å². The molecule has 19 heavy (non-hydrogen) atoms. The van der Waals surface area contributed by atoms with Crippen molar-refractivity contribution in [3.63, 3.8) is 0 Å². The van der Waals surface area contributed by atoms with Crippen LogP contribution in [0, 0.1) is 12.8 Å². The van der Waals surface area contributed by atoms with E-state index in [4.69, 9.17) is 0 Å². The molecule has 1 saturated heterocycles. The molecule has 0 spiro atoms. The predicted molar refractivity (Wildman–Crippen MR) is 75.5 cm³/mol. The third-order valence-electron chi connectivity index (χ3n) is 3.61. The largest absolute Gasteiger partial charge is 0.411 e. The number of aliphatic hydroxyl groups excluding tert-OH is 1. The molecule has 1 fully saturated rings. The molecule has 102 valence electrons. The minimum Gasteiger partial charge on any atom is -0.411 e. The molecule has 1 aromatic rings. The molecular weight excluding hydrogens is 240 g/mol. The zero-order valence-electron chi connectivity index (χ0n) is 11.2. The van der Waals surface area contributed by atoms with E-state index in [1.165, 1.54) is 5.56 Å². The number of aryl methyl sites for hydroxylation is 1. The van der Waals surface area contributed by atoms with Crippen LogP contribution < -0.4 is 0 Å². The van der Waals surface area contributed by atoms with Crippen molar-refractivity contribution in [1.82, 2.24) is 4.90 Å². The Bertz CT molecular complexity index is 468. The number of aliphatic hydroxyl groups is 1. The molecule has 4 nitrogen and oxygen atoms in total. The van der Waals surface area contributed by atoms with E-state index in [0.717, 1.165) is 5.56 Å². The molecular formula is C15H20N2O2. The van der Waals surface area contributed by atoms with Gasteiger partial charge in [0.05, 0.1) is 18.4 Å². The number of nitrogens with zero attached hydrogens (tertiary/aromatic N) is 2. The van der Waals surface area contributed by atoms with E-state index in [0.29, 0.717) is 18.8 Å². The van der Waals surface area contributed by atoms with Crippen molar-refractivity contribution >= 4 is 5.71 Å². The van der Waals surface area contributed by atoms with Gasteiger partial charge >= 0.3 is 0 Å². The Labute approximate surface area is 113 Å². The third kappa shape index (κ3) is 2.69. The lowest BCUT2D eigenvalue weighted by molar-refractivity contribution is 0.229. The van der Waals surface area contributed by atoms with Crippen LogP contribution >= 0.6 is 0 Å². The van der Waals surface area contributed by atoms with E-state index in [1.54, 1.807) is 0 Å². The predicted octanol–water partition coefficient (Wildman–Crippen LogP) is 1.98. The second-order valence-corrected chi connectivity index (χ2v) is 4.96. The summed E-state index contributed by atoms with van der Waals surface area (Å²) >= 11 is 0. The van der Waals surface area contributed by atoms with E-state index in [1.807, 2.05) is 37.3 Å². The van der Waals surface area contributed by atoms with Crippen molar-refractivity contribution in [1.29, 1.82) is 0 Å². The highest BCUT2D eigenvalue weighted by Gasteiger charge is 2.38. The van der Waals surface area contributed by atoms with Gasteiger partial charge in [0, 0.05) is 19.0 Å². The summed E-state index contributed by atoms with van der Waals surface area (Å²) in [5.41, 5.74) is 2.91. The van der Waals surface area contributed by atoms with Crippen LogP contribution in [0.3, 0.4) is 0 Å². The molecule has 2 atom stereocenters. The summed E-state index contributed by atoms with van der Waals surface area (Å²) in [6.45, 7) is 7.18. The first-order valence-electron chi connectivity index (χ1n) is 6.45. The van der Waals surface area contributed by atoms with Gasteiger partial charge in [0.25, 0.3) is 0 Å². The van der Waals surface area contributed by atoms with Gasteiger partial charge in [-0.1, -0.05) is 41.1 Å². The second kappa shape index (κ2) is 5.99. The van der Waals surface area contributed by atoms with E-state index in [9.17, 15) is 10.3 Å². The molecule has 0 amide bonds. The lowest BCUT2D eigenvalue weighted by Crippen LogP contribution is -2.25. The Morgan fingerprint density at radius 2 is 2.11 bits per heavy atom. The van der Waals surface area contributed by atoms with Gasteiger partial charge in [-0.3, -0.25) is 4.90 Å². The Morgan fingerprint density at radius 3 is 2.63 bits per heavy atom. The molecule has 0 radical (unpaired) electrons. The zero-order valence-corrected chi connectivity index (χ0v) is 11.2. The van der Waals surface area contributed by atoms with Crippen molar-refractivity contribution < 1.29 is 10.3 Å². The van der Waals surface area contributed by atoms with Crippen LogP contribution in [0.15, 0.2) is 42.1 Å². The van der Waals surface area contributed by atoms with Gasteiger partial charge in [0.1, 0.15) is 0 Å². The molecule has 1 aliphatic rings. The average molecular weight is 260 g/mol. The lowest BCUT2D eigenvalue weighted by Gasteiger charge is -2.23. The quantitative estimate of drug-likeness (QED) is 0.494. The molecule has 0 aliphatic carbocycles. The van der Waals surface area contributed by atoms with Crippen molar-refractivity contribution in [3.8, 4) is 0 Å². The highest BCUT2D eigenvalue weighted by molar-refractivity contribution is 5.94. The van der Waals surface area contributed by atoms with Gasteiger partial charge in [-0.2, -0.15) is 0 Å². The minimum absolute atomic E-state index is 0.00457. The maximum atomic E-state index is 9.42. The van der Waals surface area contributed by atoms with Gasteiger partial charge < -0.3 is 10.3 Å². The van der Waals surface area contributed by atoms with Crippen molar-refractivity contribution in [2.45, 2.75) is 13.0 Å². The molecule has 4 heteroatoms. The van der Waals surface area contributed by atoms with Gasteiger partial charge in [-0.15, -0.1) is 6.58 Å². The maximum Gasteiger partial charge on any atom is 0.0853 e. The fraction of sp³-hybridized carbons (Fsp3) is 0.400. The van der Waals surface area contributed by atoms with E-state index < -0.39 is 0 Å². The summed E-state index contributed by atoms with van der Waals surface area (Å²) in [5, 5.41) is 22.1. The number of likely N-dealkylation sites (tertiary alicyclic amines) is 1.